The smallest absolute Gasteiger partial charge is 0.219 e. The minimum absolute atomic E-state index is 0.152. The van der Waals surface area contributed by atoms with Crippen molar-refractivity contribution in [3.05, 3.63) is 35.6 Å². The fraction of sp³-hybridized carbons (Fsp3) is 0.632. The van der Waals surface area contributed by atoms with Gasteiger partial charge in [-0.05, 0) is 23.6 Å². The molecule has 3 rings (SSSR count). The molecule has 1 amide bonds. The number of likely N-dealkylation sites (tertiary alicyclic amines) is 1. The normalized spacial score (nSPS) is 26.8. The number of rotatable bonds is 4. The van der Waals surface area contributed by atoms with Crippen LogP contribution in [-0.2, 0) is 4.79 Å². The summed E-state index contributed by atoms with van der Waals surface area (Å²) < 4.78 is 13.3. The van der Waals surface area contributed by atoms with Crippen LogP contribution in [0.5, 0.6) is 0 Å². The van der Waals surface area contributed by atoms with Gasteiger partial charge in [0, 0.05) is 58.8 Å². The molecule has 2 aliphatic heterocycles. The molecule has 0 radical (unpaired) electrons. The maximum atomic E-state index is 13.3. The molecule has 0 spiro atoms. The number of halogens is 1. The molecule has 2 saturated heterocycles. The zero-order valence-electron chi connectivity index (χ0n) is 15.1. The van der Waals surface area contributed by atoms with Crippen molar-refractivity contribution in [3.63, 3.8) is 0 Å². The quantitative estimate of drug-likeness (QED) is 0.891. The molecule has 0 saturated carbocycles. The Hall–Kier alpha value is -1.50. The molecule has 0 aliphatic carbocycles. The number of β-amino-alcohol motifs (C(OH)–C–C–N with tert-alkyl or cyclic N) is 1. The van der Waals surface area contributed by atoms with Gasteiger partial charge in [-0.2, -0.15) is 0 Å². The second-order valence-corrected chi connectivity index (χ2v) is 7.38. The molecular weight excluding hydrogens is 321 g/mol. The topological polar surface area (TPSA) is 47.0 Å². The van der Waals surface area contributed by atoms with E-state index in [1.165, 1.54) is 12.1 Å². The van der Waals surface area contributed by atoms with E-state index in [9.17, 15) is 14.3 Å². The van der Waals surface area contributed by atoms with E-state index in [-0.39, 0.29) is 11.7 Å². The predicted octanol–water partition coefficient (Wildman–Crippen LogP) is 1.34. The molecule has 6 heteroatoms. The number of hydrogen-bond acceptors (Lipinski definition) is 4. The van der Waals surface area contributed by atoms with E-state index in [1.807, 2.05) is 4.90 Å². The summed E-state index contributed by atoms with van der Waals surface area (Å²) in [5, 5.41) is 10.4. The molecule has 2 aliphatic rings. The molecular formula is C19H28FN3O2. The third kappa shape index (κ3) is 4.37. The monoisotopic (exact) mass is 349 g/mol. The minimum Gasteiger partial charge on any atom is -0.387 e. The van der Waals surface area contributed by atoms with E-state index >= 15 is 0 Å². The second-order valence-electron chi connectivity index (χ2n) is 7.38. The van der Waals surface area contributed by atoms with E-state index in [4.69, 9.17) is 0 Å². The molecule has 3 atom stereocenters. The summed E-state index contributed by atoms with van der Waals surface area (Å²) in [6.07, 6.45) is -0.670. The Morgan fingerprint density at radius 2 is 2.00 bits per heavy atom. The summed E-state index contributed by atoms with van der Waals surface area (Å²) in [4.78, 5) is 18.1. The van der Waals surface area contributed by atoms with Crippen LogP contribution in [0.15, 0.2) is 24.3 Å². The lowest BCUT2D eigenvalue weighted by atomic mass is 10.0. The van der Waals surface area contributed by atoms with Crippen molar-refractivity contribution in [3.8, 4) is 0 Å². The van der Waals surface area contributed by atoms with Gasteiger partial charge < -0.3 is 10.0 Å². The molecule has 2 fully saturated rings. The van der Waals surface area contributed by atoms with Crippen LogP contribution >= 0.6 is 0 Å². The van der Waals surface area contributed by atoms with Crippen molar-refractivity contribution in [2.75, 3.05) is 45.8 Å². The van der Waals surface area contributed by atoms with Crippen LogP contribution in [0, 0.1) is 11.7 Å². The summed E-state index contributed by atoms with van der Waals surface area (Å²) in [5.41, 5.74) is 0.631. The number of carbonyl (C=O) groups excluding carboxylic acids is 1. The summed E-state index contributed by atoms with van der Waals surface area (Å²) >= 11 is 0. The molecule has 1 aromatic carbocycles. The van der Waals surface area contributed by atoms with Crippen LogP contribution in [-0.4, -0.2) is 77.6 Å². The van der Waals surface area contributed by atoms with Gasteiger partial charge in [-0.15, -0.1) is 0 Å². The zero-order chi connectivity index (χ0) is 18.0. The van der Waals surface area contributed by atoms with Crippen LogP contribution in [0.25, 0.3) is 0 Å². The van der Waals surface area contributed by atoms with E-state index in [2.05, 4.69) is 16.7 Å². The van der Waals surface area contributed by atoms with Crippen LogP contribution in [0.2, 0.25) is 0 Å². The van der Waals surface area contributed by atoms with Crippen LogP contribution in [0.3, 0.4) is 0 Å². The van der Waals surface area contributed by atoms with Gasteiger partial charge in [0.2, 0.25) is 5.91 Å². The van der Waals surface area contributed by atoms with Crippen molar-refractivity contribution < 1.29 is 14.3 Å². The van der Waals surface area contributed by atoms with Crippen molar-refractivity contribution in [2.45, 2.75) is 26.0 Å². The predicted molar refractivity (Wildman–Crippen MR) is 94.6 cm³/mol. The summed E-state index contributed by atoms with van der Waals surface area (Å²) in [5.74, 6) is 0.357. The molecule has 5 nitrogen and oxygen atoms in total. The van der Waals surface area contributed by atoms with Gasteiger partial charge in [0.15, 0.2) is 0 Å². The standard InChI is InChI=1S/C19H28FN3O2/c1-14-11-21(13-19(25)16-4-3-5-17(20)10-16)12-18(14)23-8-6-22(7-9-23)15(2)24/h3-5,10,14,18-19,25H,6-9,11-13H2,1-2H3/t14-,18-,19-/m1/s1. The van der Waals surface area contributed by atoms with Gasteiger partial charge in [0.1, 0.15) is 5.82 Å². The first kappa shape index (κ1) is 18.3. The highest BCUT2D eigenvalue weighted by Gasteiger charge is 2.36. The highest BCUT2D eigenvalue weighted by Crippen LogP contribution is 2.25. The van der Waals surface area contributed by atoms with Gasteiger partial charge in [0.25, 0.3) is 0 Å². The van der Waals surface area contributed by atoms with Crippen molar-refractivity contribution in [1.82, 2.24) is 14.7 Å². The van der Waals surface area contributed by atoms with Gasteiger partial charge in [-0.25, -0.2) is 4.39 Å². The second kappa shape index (κ2) is 7.81. The Morgan fingerprint density at radius 1 is 1.28 bits per heavy atom. The molecule has 1 N–H and O–H groups in total. The largest absolute Gasteiger partial charge is 0.387 e. The number of amides is 1. The molecule has 2 heterocycles. The number of piperazine rings is 1. The molecule has 0 aromatic heterocycles. The number of nitrogens with zero attached hydrogens (tertiary/aromatic N) is 3. The summed E-state index contributed by atoms with van der Waals surface area (Å²) in [6, 6.07) is 6.66. The maximum Gasteiger partial charge on any atom is 0.219 e. The fourth-order valence-electron chi connectivity index (χ4n) is 4.10. The lowest BCUT2D eigenvalue weighted by molar-refractivity contribution is -0.130. The fourth-order valence-corrected chi connectivity index (χ4v) is 4.10. The third-order valence-corrected chi connectivity index (χ3v) is 5.54. The SMILES string of the molecule is CC(=O)N1CCN([C@@H]2CN(C[C@@H](O)c3cccc(F)c3)C[C@H]2C)CC1. The van der Waals surface area contributed by atoms with Crippen LogP contribution in [0.4, 0.5) is 4.39 Å². The summed E-state index contributed by atoms with van der Waals surface area (Å²) in [7, 11) is 0. The van der Waals surface area contributed by atoms with Gasteiger partial charge in [0.05, 0.1) is 6.10 Å². The van der Waals surface area contributed by atoms with E-state index < -0.39 is 6.10 Å². The van der Waals surface area contributed by atoms with E-state index in [0.29, 0.717) is 24.1 Å². The number of carbonyl (C=O) groups is 1. The average Bonchev–Trinajstić information content (AvgIpc) is 2.95. The first-order chi connectivity index (χ1) is 11.9. The number of hydrogen-bond donors (Lipinski definition) is 1. The average molecular weight is 349 g/mol. The molecule has 0 unspecified atom stereocenters. The Kier molecular flexibility index (Phi) is 5.71. The summed E-state index contributed by atoms with van der Waals surface area (Å²) in [6.45, 7) is 9.66. The Labute approximate surface area is 149 Å². The number of aliphatic hydroxyl groups is 1. The molecule has 0 bridgehead atoms. The molecule has 25 heavy (non-hydrogen) atoms. The van der Waals surface area contributed by atoms with Crippen molar-refractivity contribution in [2.24, 2.45) is 5.92 Å². The number of aliphatic hydroxyl groups excluding tert-OH is 1. The maximum absolute atomic E-state index is 13.3. The zero-order valence-corrected chi connectivity index (χ0v) is 15.1. The molecule has 138 valence electrons. The highest BCUT2D eigenvalue weighted by atomic mass is 19.1. The first-order valence-corrected chi connectivity index (χ1v) is 9.09. The van der Waals surface area contributed by atoms with E-state index in [0.717, 1.165) is 39.3 Å². The Morgan fingerprint density at radius 3 is 2.64 bits per heavy atom. The highest BCUT2D eigenvalue weighted by molar-refractivity contribution is 5.73. The third-order valence-electron chi connectivity index (χ3n) is 5.54. The minimum atomic E-state index is -0.670. The van der Waals surface area contributed by atoms with Gasteiger partial charge >= 0.3 is 0 Å². The van der Waals surface area contributed by atoms with Crippen molar-refractivity contribution >= 4 is 5.91 Å². The molecule has 1 aromatic rings. The van der Waals surface area contributed by atoms with Crippen LogP contribution in [0.1, 0.15) is 25.5 Å². The number of benzene rings is 1. The van der Waals surface area contributed by atoms with Crippen molar-refractivity contribution in [1.29, 1.82) is 0 Å². The van der Waals surface area contributed by atoms with E-state index in [1.54, 1.807) is 19.1 Å². The van der Waals surface area contributed by atoms with Gasteiger partial charge in [-0.3, -0.25) is 14.6 Å². The lowest BCUT2D eigenvalue weighted by Crippen LogP contribution is -2.53. The van der Waals surface area contributed by atoms with Gasteiger partial charge in [-0.1, -0.05) is 19.1 Å². The Balaban J connectivity index is 1.54. The Bertz CT molecular complexity index is 604. The lowest BCUT2D eigenvalue weighted by Gasteiger charge is -2.39. The van der Waals surface area contributed by atoms with Crippen LogP contribution < -0.4 is 0 Å². The first-order valence-electron chi connectivity index (χ1n) is 9.09.